The third-order valence-corrected chi connectivity index (χ3v) is 3.33. The monoisotopic (exact) mass is 270 g/mol. The second-order valence-electron chi connectivity index (χ2n) is 5.33. The molecular formula is C14H26N2O3. The Balaban J connectivity index is 2.55. The predicted octanol–water partition coefficient (Wildman–Crippen LogP) is 1.18. The van der Waals surface area contributed by atoms with Gasteiger partial charge in [0.1, 0.15) is 6.04 Å². The molecule has 1 rings (SSSR count). The van der Waals surface area contributed by atoms with E-state index in [9.17, 15) is 9.59 Å². The molecule has 1 saturated heterocycles. The van der Waals surface area contributed by atoms with E-state index in [2.05, 4.69) is 5.32 Å². The summed E-state index contributed by atoms with van der Waals surface area (Å²) in [6, 6.07) is -0.414. The summed E-state index contributed by atoms with van der Waals surface area (Å²) in [5.41, 5.74) is 0. The van der Waals surface area contributed by atoms with Crippen LogP contribution in [0, 0.1) is 5.92 Å². The number of morpholine rings is 1. The summed E-state index contributed by atoms with van der Waals surface area (Å²) in [5.74, 6) is 0.0891. The van der Waals surface area contributed by atoms with Crippen molar-refractivity contribution in [3.05, 3.63) is 0 Å². The highest BCUT2D eigenvalue weighted by Crippen LogP contribution is 2.09. The number of hydrogen-bond donors (Lipinski definition) is 1. The average Bonchev–Trinajstić information content (AvgIpc) is 2.42. The molecular weight excluding hydrogens is 244 g/mol. The first-order valence-electron chi connectivity index (χ1n) is 7.22. The lowest BCUT2D eigenvalue weighted by atomic mass is 10.0. The highest BCUT2D eigenvalue weighted by Gasteiger charge is 2.29. The molecule has 0 aromatic rings. The zero-order valence-electron chi connectivity index (χ0n) is 12.3. The number of nitrogens with one attached hydrogen (secondary N) is 1. The number of carbonyl (C=O) groups excluding carboxylic acids is 2. The molecule has 19 heavy (non-hydrogen) atoms. The molecule has 0 aromatic carbocycles. The van der Waals surface area contributed by atoms with E-state index in [-0.39, 0.29) is 17.7 Å². The highest BCUT2D eigenvalue weighted by molar-refractivity contribution is 5.87. The van der Waals surface area contributed by atoms with Gasteiger partial charge < -0.3 is 15.0 Å². The number of unbranched alkanes of at least 4 members (excludes halogenated alkanes) is 1. The largest absolute Gasteiger partial charge is 0.378 e. The van der Waals surface area contributed by atoms with E-state index >= 15 is 0 Å². The number of nitrogens with zero attached hydrogens (tertiary/aromatic N) is 1. The molecule has 1 aliphatic heterocycles. The van der Waals surface area contributed by atoms with Gasteiger partial charge in [0, 0.05) is 19.5 Å². The van der Waals surface area contributed by atoms with Gasteiger partial charge in [0.2, 0.25) is 11.8 Å². The molecule has 0 aliphatic carbocycles. The van der Waals surface area contributed by atoms with Crippen molar-refractivity contribution in [1.82, 2.24) is 10.2 Å². The fraction of sp³-hybridized carbons (Fsp3) is 0.857. The Hall–Kier alpha value is -1.10. The molecule has 110 valence electrons. The lowest BCUT2D eigenvalue weighted by molar-refractivity contribution is -0.141. The Bertz CT molecular complexity index is 299. The van der Waals surface area contributed by atoms with E-state index < -0.39 is 6.04 Å². The van der Waals surface area contributed by atoms with E-state index in [0.717, 1.165) is 12.8 Å². The molecule has 2 amide bonds. The summed E-state index contributed by atoms with van der Waals surface area (Å²) < 4.78 is 5.24. The van der Waals surface area contributed by atoms with E-state index in [0.29, 0.717) is 32.7 Å². The lowest BCUT2D eigenvalue weighted by Crippen LogP contribution is -2.53. The van der Waals surface area contributed by atoms with Crippen molar-refractivity contribution in [2.45, 2.75) is 46.1 Å². The van der Waals surface area contributed by atoms with Gasteiger partial charge in [-0.2, -0.15) is 0 Å². The minimum Gasteiger partial charge on any atom is -0.378 e. The highest BCUT2D eigenvalue weighted by atomic mass is 16.5. The van der Waals surface area contributed by atoms with Crippen molar-refractivity contribution in [3.63, 3.8) is 0 Å². The predicted molar refractivity (Wildman–Crippen MR) is 73.7 cm³/mol. The van der Waals surface area contributed by atoms with Gasteiger partial charge in [0.15, 0.2) is 0 Å². The zero-order chi connectivity index (χ0) is 14.3. The number of amides is 2. The van der Waals surface area contributed by atoms with Gasteiger partial charge in [0.25, 0.3) is 0 Å². The smallest absolute Gasteiger partial charge is 0.245 e. The Morgan fingerprint density at radius 2 is 1.89 bits per heavy atom. The van der Waals surface area contributed by atoms with Gasteiger partial charge in [0.05, 0.1) is 13.2 Å². The normalized spacial score (nSPS) is 17.4. The van der Waals surface area contributed by atoms with Crippen LogP contribution in [-0.2, 0) is 14.3 Å². The van der Waals surface area contributed by atoms with Gasteiger partial charge in [-0.3, -0.25) is 9.59 Å². The van der Waals surface area contributed by atoms with Gasteiger partial charge in [-0.1, -0.05) is 27.2 Å². The first-order chi connectivity index (χ1) is 9.06. The summed E-state index contributed by atoms with van der Waals surface area (Å²) in [6.07, 6.45) is 2.34. The fourth-order valence-corrected chi connectivity index (χ4v) is 2.08. The number of hydrogen-bond acceptors (Lipinski definition) is 3. The van der Waals surface area contributed by atoms with E-state index in [1.165, 1.54) is 0 Å². The zero-order valence-corrected chi connectivity index (χ0v) is 12.3. The van der Waals surface area contributed by atoms with Crippen molar-refractivity contribution < 1.29 is 14.3 Å². The molecule has 1 heterocycles. The third kappa shape index (κ3) is 5.19. The molecule has 5 heteroatoms. The molecule has 1 atom stereocenters. The number of carbonyl (C=O) groups is 2. The van der Waals surface area contributed by atoms with Crippen LogP contribution in [0.2, 0.25) is 0 Å². The van der Waals surface area contributed by atoms with Crippen LogP contribution < -0.4 is 5.32 Å². The number of rotatable bonds is 6. The number of ether oxygens (including phenoxy) is 1. The van der Waals surface area contributed by atoms with Gasteiger partial charge >= 0.3 is 0 Å². The summed E-state index contributed by atoms with van der Waals surface area (Å²) in [4.78, 5) is 26.0. The Kier molecular flexibility index (Phi) is 6.84. The Morgan fingerprint density at radius 3 is 2.42 bits per heavy atom. The molecule has 1 fully saturated rings. The first-order valence-corrected chi connectivity index (χ1v) is 7.22. The second-order valence-corrected chi connectivity index (χ2v) is 5.33. The molecule has 0 radical (unpaired) electrons. The Morgan fingerprint density at radius 1 is 1.26 bits per heavy atom. The van der Waals surface area contributed by atoms with Crippen molar-refractivity contribution in [2.75, 3.05) is 26.3 Å². The third-order valence-electron chi connectivity index (χ3n) is 3.33. The van der Waals surface area contributed by atoms with Crippen LogP contribution in [0.15, 0.2) is 0 Å². The minimum atomic E-state index is -0.414. The fourth-order valence-electron chi connectivity index (χ4n) is 2.08. The SMILES string of the molecule is CCCCC(=O)N[C@H](C(=O)N1CCOCC1)C(C)C. The summed E-state index contributed by atoms with van der Waals surface area (Å²) in [7, 11) is 0. The van der Waals surface area contributed by atoms with Crippen LogP contribution in [0.3, 0.4) is 0 Å². The molecule has 1 N–H and O–H groups in total. The van der Waals surface area contributed by atoms with Crippen molar-refractivity contribution >= 4 is 11.8 Å². The second kappa shape index (κ2) is 8.15. The molecule has 0 bridgehead atoms. The first kappa shape index (κ1) is 16.0. The topological polar surface area (TPSA) is 58.6 Å². The molecule has 0 aromatic heterocycles. The maximum Gasteiger partial charge on any atom is 0.245 e. The molecule has 1 aliphatic rings. The summed E-state index contributed by atoms with van der Waals surface area (Å²) in [5, 5.41) is 2.88. The molecule has 0 spiro atoms. The minimum absolute atomic E-state index is 0.0168. The van der Waals surface area contributed by atoms with Crippen molar-refractivity contribution in [1.29, 1.82) is 0 Å². The van der Waals surface area contributed by atoms with Gasteiger partial charge in [-0.05, 0) is 12.3 Å². The molecule has 0 saturated carbocycles. The van der Waals surface area contributed by atoms with Crippen LogP contribution in [0.4, 0.5) is 0 Å². The lowest BCUT2D eigenvalue weighted by Gasteiger charge is -2.32. The van der Waals surface area contributed by atoms with Crippen LogP contribution in [0.5, 0.6) is 0 Å². The maximum atomic E-state index is 12.4. The van der Waals surface area contributed by atoms with E-state index in [1.807, 2.05) is 20.8 Å². The van der Waals surface area contributed by atoms with Gasteiger partial charge in [-0.25, -0.2) is 0 Å². The Labute approximate surface area is 115 Å². The summed E-state index contributed by atoms with van der Waals surface area (Å²) >= 11 is 0. The quantitative estimate of drug-likeness (QED) is 0.788. The van der Waals surface area contributed by atoms with Crippen molar-refractivity contribution in [2.24, 2.45) is 5.92 Å². The summed E-state index contributed by atoms with van der Waals surface area (Å²) in [6.45, 7) is 8.37. The average molecular weight is 270 g/mol. The van der Waals surface area contributed by atoms with Crippen LogP contribution in [-0.4, -0.2) is 49.1 Å². The van der Waals surface area contributed by atoms with E-state index in [1.54, 1.807) is 4.90 Å². The standard InChI is InChI=1S/C14H26N2O3/c1-4-5-6-12(17)15-13(11(2)3)14(18)16-7-9-19-10-8-16/h11,13H,4-10H2,1-3H3,(H,15,17)/t13-/m0/s1. The van der Waals surface area contributed by atoms with Crippen LogP contribution >= 0.6 is 0 Å². The van der Waals surface area contributed by atoms with Crippen LogP contribution in [0.25, 0.3) is 0 Å². The van der Waals surface area contributed by atoms with Crippen molar-refractivity contribution in [3.8, 4) is 0 Å². The van der Waals surface area contributed by atoms with Gasteiger partial charge in [-0.15, -0.1) is 0 Å². The van der Waals surface area contributed by atoms with E-state index in [4.69, 9.17) is 4.74 Å². The van der Waals surface area contributed by atoms with Crippen LogP contribution in [0.1, 0.15) is 40.0 Å². The maximum absolute atomic E-state index is 12.4. The molecule has 5 nitrogen and oxygen atoms in total. The molecule has 0 unspecified atom stereocenters.